The summed E-state index contributed by atoms with van der Waals surface area (Å²) in [7, 11) is 0. The maximum atomic E-state index is 9.64. The van der Waals surface area contributed by atoms with E-state index >= 15 is 0 Å². The van der Waals surface area contributed by atoms with Crippen molar-refractivity contribution in [2.45, 2.75) is 57.8 Å². The molecule has 2 heteroatoms. The summed E-state index contributed by atoms with van der Waals surface area (Å²) in [5.41, 5.74) is 2.45. The molecule has 2 N–H and O–H groups in total. The van der Waals surface area contributed by atoms with Gasteiger partial charge in [0.15, 0.2) is 0 Å². The van der Waals surface area contributed by atoms with E-state index in [4.69, 9.17) is 0 Å². The van der Waals surface area contributed by atoms with E-state index < -0.39 is 0 Å². The number of hydrogen-bond donors (Lipinski definition) is 2. The van der Waals surface area contributed by atoms with Gasteiger partial charge in [-0.25, -0.2) is 0 Å². The minimum atomic E-state index is -0.0503. The molecular formula is C21H28O2. The molecule has 0 aliphatic rings. The number of unbranched alkanes of at least 4 members (excludes halogenated alkanes) is 2. The van der Waals surface area contributed by atoms with Crippen molar-refractivity contribution in [1.82, 2.24) is 0 Å². The average molecular weight is 312 g/mol. The van der Waals surface area contributed by atoms with E-state index in [1.54, 1.807) is 24.3 Å². The van der Waals surface area contributed by atoms with Gasteiger partial charge in [0, 0.05) is 5.41 Å². The van der Waals surface area contributed by atoms with Crippen molar-refractivity contribution in [2.24, 2.45) is 0 Å². The van der Waals surface area contributed by atoms with Gasteiger partial charge in [-0.3, -0.25) is 0 Å². The van der Waals surface area contributed by atoms with E-state index in [9.17, 15) is 10.2 Å². The third-order valence-electron chi connectivity index (χ3n) is 4.72. The zero-order valence-corrected chi connectivity index (χ0v) is 14.3. The molecule has 0 aromatic heterocycles. The van der Waals surface area contributed by atoms with Crippen LogP contribution in [0.2, 0.25) is 0 Å². The fraction of sp³-hybridized carbons (Fsp3) is 0.429. The lowest BCUT2D eigenvalue weighted by atomic mass is 9.68. The monoisotopic (exact) mass is 312 g/mol. The van der Waals surface area contributed by atoms with Crippen molar-refractivity contribution in [2.75, 3.05) is 0 Å². The van der Waals surface area contributed by atoms with Gasteiger partial charge in [0.2, 0.25) is 0 Å². The van der Waals surface area contributed by atoms with Crippen molar-refractivity contribution in [3.63, 3.8) is 0 Å². The Bertz CT molecular complexity index is 539. The third kappa shape index (κ3) is 4.07. The van der Waals surface area contributed by atoms with Crippen LogP contribution in [0.25, 0.3) is 0 Å². The summed E-state index contributed by atoms with van der Waals surface area (Å²) in [6.07, 6.45) is 6.84. The molecule has 0 bridgehead atoms. The second-order valence-electron chi connectivity index (χ2n) is 6.38. The van der Waals surface area contributed by atoms with Crippen LogP contribution in [0.5, 0.6) is 11.5 Å². The summed E-state index contributed by atoms with van der Waals surface area (Å²) in [5.74, 6) is 0.608. The number of hydrogen-bond acceptors (Lipinski definition) is 2. The summed E-state index contributed by atoms with van der Waals surface area (Å²) in [5, 5.41) is 19.3. The lowest BCUT2D eigenvalue weighted by molar-refractivity contribution is 0.408. The minimum Gasteiger partial charge on any atom is -0.508 e. The highest BCUT2D eigenvalue weighted by Gasteiger charge is 2.32. The molecule has 0 amide bonds. The van der Waals surface area contributed by atoms with Crippen LogP contribution in [-0.2, 0) is 5.41 Å². The number of benzene rings is 2. The molecule has 23 heavy (non-hydrogen) atoms. The van der Waals surface area contributed by atoms with Gasteiger partial charge < -0.3 is 10.2 Å². The van der Waals surface area contributed by atoms with Gasteiger partial charge in [-0.05, 0) is 48.2 Å². The zero-order chi connectivity index (χ0) is 16.7. The fourth-order valence-corrected chi connectivity index (χ4v) is 3.53. The van der Waals surface area contributed by atoms with Crippen molar-refractivity contribution >= 4 is 0 Å². The summed E-state index contributed by atoms with van der Waals surface area (Å²) in [4.78, 5) is 0. The lowest BCUT2D eigenvalue weighted by Crippen LogP contribution is -2.27. The molecule has 0 heterocycles. The molecule has 2 rings (SSSR count). The van der Waals surface area contributed by atoms with E-state index in [-0.39, 0.29) is 5.41 Å². The van der Waals surface area contributed by atoms with Gasteiger partial charge >= 0.3 is 0 Å². The molecule has 0 atom stereocenters. The molecule has 2 aromatic rings. The predicted octanol–water partition coefficient (Wildman–Crippen LogP) is 5.76. The lowest BCUT2D eigenvalue weighted by Gasteiger charge is -2.35. The molecule has 0 saturated heterocycles. The quantitative estimate of drug-likeness (QED) is 0.608. The van der Waals surface area contributed by atoms with Crippen LogP contribution >= 0.6 is 0 Å². The highest BCUT2D eigenvalue weighted by molar-refractivity contribution is 5.43. The Morgan fingerprint density at radius 1 is 0.652 bits per heavy atom. The Balaban J connectivity index is 2.49. The van der Waals surface area contributed by atoms with Gasteiger partial charge in [-0.1, -0.05) is 63.8 Å². The zero-order valence-electron chi connectivity index (χ0n) is 14.3. The van der Waals surface area contributed by atoms with Gasteiger partial charge in [0.25, 0.3) is 0 Å². The Kier molecular flexibility index (Phi) is 6.09. The molecule has 0 fully saturated rings. The number of rotatable bonds is 8. The normalized spacial score (nSPS) is 11.6. The van der Waals surface area contributed by atoms with Crippen LogP contribution < -0.4 is 0 Å². The first-order chi connectivity index (χ1) is 11.1. The van der Waals surface area contributed by atoms with Gasteiger partial charge in [0.1, 0.15) is 11.5 Å². The van der Waals surface area contributed by atoms with Crippen molar-refractivity contribution < 1.29 is 10.2 Å². The maximum Gasteiger partial charge on any atom is 0.115 e. The predicted molar refractivity (Wildman–Crippen MR) is 96.0 cm³/mol. The SMILES string of the molecule is CCCCCC(CCC)(c1ccc(O)cc1)c1ccc(O)cc1. The molecule has 0 spiro atoms. The van der Waals surface area contributed by atoms with Crippen LogP contribution in [0, 0.1) is 0 Å². The first-order valence-corrected chi connectivity index (χ1v) is 8.71. The highest BCUT2D eigenvalue weighted by atomic mass is 16.3. The Morgan fingerprint density at radius 2 is 1.13 bits per heavy atom. The number of phenols is 2. The van der Waals surface area contributed by atoms with Crippen LogP contribution in [0.4, 0.5) is 0 Å². The van der Waals surface area contributed by atoms with E-state index in [2.05, 4.69) is 13.8 Å². The standard InChI is InChI=1S/C21H28O2/c1-3-5-6-16-21(15-4-2,17-7-11-19(22)12-8-17)18-9-13-20(23)14-10-18/h7-14,22-23H,3-6,15-16H2,1-2H3. The minimum absolute atomic E-state index is 0.0503. The topological polar surface area (TPSA) is 40.5 Å². The van der Waals surface area contributed by atoms with E-state index in [1.165, 1.54) is 30.4 Å². The molecule has 2 nitrogen and oxygen atoms in total. The second-order valence-corrected chi connectivity index (χ2v) is 6.38. The van der Waals surface area contributed by atoms with Crippen molar-refractivity contribution in [3.8, 4) is 11.5 Å². The first kappa shape index (κ1) is 17.4. The van der Waals surface area contributed by atoms with Crippen molar-refractivity contribution in [1.29, 1.82) is 0 Å². The first-order valence-electron chi connectivity index (χ1n) is 8.71. The van der Waals surface area contributed by atoms with Crippen LogP contribution in [0.15, 0.2) is 48.5 Å². The second kappa shape index (κ2) is 8.05. The molecule has 124 valence electrons. The molecule has 0 unspecified atom stereocenters. The molecule has 0 radical (unpaired) electrons. The molecule has 2 aromatic carbocycles. The fourth-order valence-electron chi connectivity index (χ4n) is 3.53. The van der Waals surface area contributed by atoms with Gasteiger partial charge in [0.05, 0.1) is 0 Å². The van der Waals surface area contributed by atoms with Crippen LogP contribution in [-0.4, -0.2) is 10.2 Å². The van der Waals surface area contributed by atoms with E-state index in [0.29, 0.717) is 11.5 Å². The molecule has 0 saturated carbocycles. The Morgan fingerprint density at radius 3 is 1.52 bits per heavy atom. The molecule has 0 aliphatic heterocycles. The summed E-state index contributed by atoms with van der Waals surface area (Å²) in [6.45, 7) is 4.44. The number of phenolic OH excluding ortho intramolecular Hbond substituents is 2. The van der Waals surface area contributed by atoms with Crippen molar-refractivity contribution in [3.05, 3.63) is 59.7 Å². The van der Waals surface area contributed by atoms with Gasteiger partial charge in [-0.2, -0.15) is 0 Å². The van der Waals surface area contributed by atoms with E-state index in [1.807, 2.05) is 24.3 Å². The Labute approximate surface area is 139 Å². The largest absolute Gasteiger partial charge is 0.508 e. The van der Waals surface area contributed by atoms with E-state index in [0.717, 1.165) is 19.3 Å². The average Bonchev–Trinajstić information content (AvgIpc) is 2.56. The summed E-state index contributed by atoms with van der Waals surface area (Å²) >= 11 is 0. The smallest absolute Gasteiger partial charge is 0.115 e. The van der Waals surface area contributed by atoms with Gasteiger partial charge in [-0.15, -0.1) is 0 Å². The number of aromatic hydroxyl groups is 2. The summed E-state index contributed by atoms with van der Waals surface area (Å²) in [6, 6.07) is 15.3. The Hall–Kier alpha value is -1.96. The van der Waals surface area contributed by atoms with Crippen LogP contribution in [0.3, 0.4) is 0 Å². The third-order valence-corrected chi connectivity index (χ3v) is 4.72. The maximum absolute atomic E-state index is 9.64. The van der Waals surface area contributed by atoms with Crippen LogP contribution in [0.1, 0.15) is 63.5 Å². The highest BCUT2D eigenvalue weighted by Crippen LogP contribution is 2.42. The summed E-state index contributed by atoms with van der Waals surface area (Å²) < 4.78 is 0. The molecular weight excluding hydrogens is 284 g/mol. The molecule has 0 aliphatic carbocycles.